The Kier molecular flexibility index (Phi) is 3.33. The van der Waals surface area contributed by atoms with Gasteiger partial charge in [0.15, 0.2) is 6.23 Å². The number of thiophene rings is 1. The molecule has 3 heterocycles. The molecule has 0 aliphatic carbocycles. The van der Waals surface area contributed by atoms with E-state index in [1.807, 2.05) is 60.0 Å². The van der Waals surface area contributed by atoms with E-state index in [0.29, 0.717) is 16.3 Å². The van der Waals surface area contributed by atoms with Crippen molar-refractivity contribution in [1.82, 2.24) is 0 Å². The molecule has 1 N–H and O–H groups in total. The first-order valence-electron chi connectivity index (χ1n) is 8.26. The summed E-state index contributed by atoms with van der Waals surface area (Å²) in [4.78, 5) is 28.1. The number of nitrogens with one attached hydrogen (secondary N) is 1. The number of nitrogens with zero attached hydrogens (tertiary/aromatic N) is 1. The van der Waals surface area contributed by atoms with Gasteiger partial charge in [-0.3, -0.25) is 14.5 Å². The van der Waals surface area contributed by atoms with Gasteiger partial charge in [-0.2, -0.15) is 0 Å². The third kappa shape index (κ3) is 2.16. The fourth-order valence-electron chi connectivity index (χ4n) is 3.55. The van der Waals surface area contributed by atoms with Gasteiger partial charge >= 0.3 is 0 Å². The Morgan fingerprint density at radius 2 is 1.85 bits per heavy atom. The molecule has 5 rings (SSSR count). The van der Waals surface area contributed by atoms with Crippen molar-refractivity contribution >= 4 is 34.5 Å². The lowest BCUT2D eigenvalue weighted by Gasteiger charge is -2.26. The van der Waals surface area contributed by atoms with Crippen LogP contribution in [0, 0.1) is 0 Å². The average Bonchev–Trinajstić information content (AvgIpc) is 3.37. The fourth-order valence-corrected chi connectivity index (χ4v) is 4.21. The quantitative estimate of drug-likeness (QED) is 0.753. The van der Waals surface area contributed by atoms with Crippen molar-refractivity contribution < 1.29 is 14.3 Å². The summed E-state index contributed by atoms with van der Waals surface area (Å²) >= 11 is 1.38. The zero-order valence-corrected chi connectivity index (χ0v) is 14.4. The van der Waals surface area contributed by atoms with E-state index in [-0.39, 0.29) is 11.8 Å². The van der Waals surface area contributed by atoms with E-state index >= 15 is 0 Å². The molecule has 0 radical (unpaired) electrons. The maximum Gasteiger partial charge on any atom is 0.271 e. The van der Waals surface area contributed by atoms with Crippen molar-refractivity contribution in [1.29, 1.82) is 0 Å². The molecule has 2 aliphatic rings. The number of carbonyl (C=O) groups is 2. The highest BCUT2D eigenvalue weighted by atomic mass is 32.1. The summed E-state index contributed by atoms with van der Waals surface area (Å²) in [5.74, 6) is -0.290. The van der Waals surface area contributed by atoms with E-state index in [4.69, 9.17) is 4.74 Å². The van der Waals surface area contributed by atoms with Gasteiger partial charge in [0.1, 0.15) is 11.7 Å². The summed E-state index contributed by atoms with van der Waals surface area (Å²) in [5.41, 5.74) is 2.30. The summed E-state index contributed by atoms with van der Waals surface area (Å²) in [7, 11) is 0. The van der Waals surface area contributed by atoms with Crippen molar-refractivity contribution in [3.05, 3.63) is 76.5 Å². The summed E-state index contributed by atoms with van der Waals surface area (Å²) in [5, 5.41) is 4.75. The minimum atomic E-state index is -0.717. The zero-order valence-electron chi connectivity index (χ0n) is 13.6. The molecule has 0 fully saturated rings. The van der Waals surface area contributed by atoms with Crippen LogP contribution >= 0.6 is 11.3 Å². The fraction of sp³-hybridized carbons (Fsp3) is 0.100. The molecule has 0 spiro atoms. The molecule has 2 aliphatic heterocycles. The second-order valence-corrected chi connectivity index (χ2v) is 7.13. The van der Waals surface area contributed by atoms with Gasteiger partial charge in [0.2, 0.25) is 5.91 Å². The van der Waals surface area contributed by atoms with Gasteiger partial charge in [-0.25, -0.2) is 0 Å². The number of rotatable bonds is 2. The third-order valence-electron chi connectivity index (χ3n) is 4.70. The van der Waals surface area contributed by atoms with Crippen molar-refractivity contribution in [3.63, 3.8) is 0 Å². The summed E-state index contributed by atoms with van der Waals surface area (Å²) in [6.45, 7) is 0. The molecule has 0 saturated heterocycles. The van der Waals surface area contributed by atoms with Gasteiger partial charge in [0, 0.05) is 5.69 Å². The van der Waals surface area contributed by atoms with E-state index in [1.165, 1.54) is 11.3 Å². The molecule has 2 amide bonds. The molecule has 6 heteroatoms. The Morgan fingerprint density at radius 3 is 2.69 bits per heavy atom. The number of benzene rings is 2. The lowest BCUT2D eigenvalue weighted by atomic mass is 9.98. The molecule has 5 nitrogen and oxygen atoms in total. The van der Waals surface area contributed by atoms with E-state index in [2.05, 4.69) is 5.32 Å². The lowest BCUT2D eigenvalue weighted by Crippen LogP contribution is -2.45. The van der Waals surface area contributed by atoms with Gasteiger partial charge < -0.3 is 10.1 Å². The van der Waals surface area contributed by atoms with Crippen LogP contribution in [0.5, 0.6) is 5.75 Å². The normalized spacial score (nSPS) is 20.3. The molecule has 128 valence electrons. The number of hydrogen-bond acceptors (Lipinski definition) is 4. The van der Waals surface area contributed by atoms with Gasteiger partial charge in [-0.1, -0.05) is 36.4 Å². The van der Waals surface area contributed by atoms with E-state index < -0.39 is 12.1 Å². The first kappa shape index (κ1) is 15.2. The van der Waals surface area contributed by atoms with Crippen LogP contribution in [0.25, 0.3) is 0 Å². The average molecular weight is 362 g/mol. The first-order chi connectivity index (χ1) is 12.7. The van der Waals surface area contributed by atoms with Crippen LogP contribution in [0.3, 0.4) is 0 Å². The number of hydrogen-bond donors (Lipinski definition) is 1. The van der Waals surface area contributed by atoms with Crippen LogP contribution in [0.1, 0.15) is 21.2 Å². The Bertz CT molecular complexity index is 1020. The maximum absolute atomic E-state index is 13.2. The highest BCUT2D eigenvalue weighted by molar-refractivity contribution is 7.12. The summed E-state index contributed by atoms with van der Waals surface area (Å²) in [6, 6.07) is 18.5. The van der Waals surface area contributed by atoms with Gasteiger partial charge in [-0.15, -0.1) is 11.3 Å². The van der Waals surface area contributed by atoms with Crippen LogP contribution in [-0.2, 0) is 4.79 Å². The summed E-state index contributed by atoms with van der Waals surface area (Å²) < 4.78 is 6.10. The Hall–Kier alpha value is -3.12. The molecule has 0 saturated carbocycles. The monoisotopic (exact) mass is 362 g/mol. The molecule has 26 heavy (non-hydrogen) atoms. The van der Waals surface area contributed by atoms with Crippen molar-refractivity contribution in [2.45, 2.75) is 12.1 Å². The Morgan fingerprint density at radius 1 is 1.04 bits per heavy atom. The van der Waals surface area contributed by atoms with E-state index in [9.17, 15) is 9.59 Å². The molecular weight excluding hydrogens is 348 g/mol. The number of carbonyl (C=O) groups excluding carboxylic acids is 2. The molecule has 2 unspecified atom stereocenters. The molecular formula is C20H14N2O3S. The SMILES string of the molecule is O=C1Nc2ccccc2C1C1Oc2ccccc2N1C(=O)c1cccs1. The molecule has 3 aromatic rings. The molecule has 2 atom stereocenters. The topological polar surface area (TPSA) is 58.6 Å². The number of anilines is 2. The van der Waals surface area contributed by atoms with Crippen LogP contribution in [0.2, 0.25) is 0 Å². The van der Waals surface area contributed by atoms with Crippen molar-refractivity contribution in [2.24, 2.45) is 0 Å². The standard InChI is InChI=1S/C20H14N2O3S/c23-18-17(12-6-1-2-7-13(12)21-18)20-22(19(24)16-10-5-11-26-16)14-8-3-4-9-15(14)25-20/h1-11,17,20H,(H,21,23). The maximum atomic E-state index is 13.2. The Balaban J connectivity index is 1.62. The lowest BCUT2D eigenvalue weighted by molar-refractivity contribution is -0.118. The van der Waals surface area contributed by atoms with Crippen molar-refractivity contribution in [2.75, 3.05) is 10.2 Å². The smallest absolute Gasteiger partial charge is 0.271 e. The van der Waals surface area contributed by atoms with E-state index in [1.54, 1.807) is 11.0 Å². The predicted molar refractivity (Wildman–Crippen MR) is 99.8 cm³/mol. The molecule has 0 bridgehead atoms. The number of amides is 2. The minimum absolute atomic E-state index is 0.159. The second-order valence-electron chi connectivity index (χ2n) is 6.18. The molecule has 2 aromatic carbocycles. The number of fused-ring (bicyclic) bond motifs is 2. The predicted octanol–water partition coefficient (Wildman–Crippen LogP) is 3.85. The zero-order chi connectivity index (χ0) is 17.7. The minimum Gasteiger partial charge on any atom is -0.467 e. The van der Waals surface area contributed by atoms with Crippen LogP contribution < -0.4 is 15.0 Å². The number of para-hydroxylation sites is 3. The highest BCUT2D eigenvalue weighted by Gasteiger charge is 2.47. The van der Waals surface area contributed by atoms with Crippen LogP contribution in [-0.4, -0.2) is 18.0 Å². The second kappa shape index (κ2) is 5.71. The third-order valence-corrected chi connectivity index (χ3v) is 5.56. The first-order valence-corrected chi connectivity index (χ1v) is 9.14. The number of ether oxygens (including phenoxy) is 1. The van der Waals surface area contributed by atoms with E-state index in [0.717, 1.165) is 11.3 Å². The summed E-state index contributed by atoms with van der Waals surface area (Å²) in [6.07, 6.45) is -0.717. The van der Waals surface area contributed by atoms with Gasteiger partial charge in [0.05, 0.1) is 10.6 Å². The van der Waals surface area contributed by atoms with Gasteiger partial charge in [0.25, 0.3) is 5.91 Å². The van der Waals surface area contributed by atoms with Crippen LogP contribution in [0.15, 0.2) is 66.0 Å². The largest absolute Gasteiger partial charge is 0.467 e. The Labute approximate surface area is 153 Å². The molecule has 1 aromatic heterocycles. The van der Waals surface area contributed by atoms with Gasteiger partial charge in [-0.05, 0) is 35.2 Å². The van der Waals surface area contributed by atoms with Crippen molar-refractivity contribution in [3.8, 4) is 5.75 Å². The van der Waals surface area contributed by atoms with Crippen LogP contribution in [0.4, 0.5) is 11.4 Å². The highest BCUT2D eigenvalue weighted by Crippen LogP contribution is 2.45.